The van der Waals surface area contributed by atoms with Crippen LogP contribution in [0.15, 0.2) is 66.7 Å². The molecule has 3 aromatic rings. The smallest absolute Gasteiger partial charge is 0.329 e. The van der Waals surface area contributed by atoms with Gasteiger partial charge in [0.1, 0.15) is 51.7 Å². The number of carbonyl (C=O) groups excluding carboxylic acids is 10. The Kier molecular flexibility index (Phi) is 31.6. The first kappa shape index (κ1) is 82.7. The van der Waals surface area contributed by atoms with Crippen LogP contribution in [-0.2, 0) is 79.7 Å². The van der Waals surface area contributed by atoms with Crippen LogP contribution in [0.25, 0.3) is 10.8 Å². The average molecular weight is 1370 g/mol. The third-order valence-electron chi connectivity index (χ3n) is 14.4. The first-order chi connectivity index (χ1) is 45.3. The van der Waals surface area contributed by atoms with Gasteiger partial charge >= 0.3 is 41.8 Å². The van der Waals surface area contributed by atoms with Crippen molar-refractivity contribution in [3.63, 3.8) is 0 Å². The number of fused-ring (bicyclic) bond motifs is 1. The molecule has 0 radical (unpaired) electrons. The van der Waals surface area contributed by atoms with Crippen molar-refractivity contribution in [1.29, 1.82) is 0 Å². The van der Waals surface area contributed by atoms with E-state index in [4.69, 9.17) is 28.4 Å². The molecule has 98 heavy (non-hydrogen) atoms. The van der Waals surface area contributed by atoms with Crippen LogP contribution < -0.4 is 26.6 Å². The van der Waals surface area contributed by atoms with Crippen molar-refractivity contribution in [2.45, 2.75) is 221 Å². The normalized spacial score (nSPS) is 15.5. The molecule has 0 spiro atoms. The molecular weight excluding hydrogens is 1260 g/mol. The van der Waals surface area contributed by atoms with Gasteiger partial charge in [-0.3, -0.25) is 53.2 Å². The second-order valence-electron chi connectivity index (χ2n) is 31.0. The Morgan fingerprint density at radius 2 is 0.837 bits per heavy atom. The van der Waals surface area contributed by atoms with E-state index in [2.05, 4.69) is 26.6 Å². The standard InChI is InChI=1S/C73H113N9O16/c1-68(2,3)93-59(84)32-31-56(66(91)98-73(16,17)18)78-67(92)77-55(65(90)97-72(13,14)15)28-21-22-33-74-64(89)57(44-50-29-30-52-25-19-20-26-53(52)42-50)76-63(88)54-27-23-24-51(43-54)45-75-58(83)46-79-34-36-80(47-60(85)94-69(4,5)6)38-40-82(49-62(87)96-71(10,11)12)41-39-81(37-35-79)48-61(86)95-70(7,8)9/h19-20,23-27,29-30,42-43,55-57H,21-22,28,31-41,44-49H2,1-18H3,(H,74,89)(H,75,83)(H,76,88)(H2,77,78,92)/t55-,56-,57-/m0/s1. The number of hydrogen-bond acceptors (Lipinski definition) is 20. The lowest BCUT2D eigenvalue weighted by molar-refractivity contribution is -0.159. The summed E-state index contributed by atoms with van der Waals surface area (Å²) < 4.78 is 33.7. The summed E-state index contributed by atoms with van der Waals surface area (Å²) in [5, 5.41) is 16.0. The van der Waals surface area contributed by atoms with E-state index in [1.165, 1.54) is 0 Å². The molecule has 1 fully saturated rings. The molecule has 3 aromatic carbocycles. The van der Waals surface area contributed by atoms with Gasteiger partial charge in [0.15, 0.2) is 0 Å². The Bertz CT molecular complexity index is 3120. The van der Waals surface area contributed by atoms with E-state index in [-0.39, 0.29) is 76.4 Å². The third-order valence-corrected chi connectivity index (χ3v) is 14.4. The molecule has 1 aliphatic heterocycles. The maximum atomic E-state index is 14.3. The number of esters is 6. The maximum Gasteiger partial charge on any atom is 0.329 e. The number of amides is 5. The van der Waals surface area contributed by atoms with Crippen molar-refractivity contribution in [3.8, 4) is 0 Å². The Morgan fingerprint density at radius 3 is 1.30 bits per heavy atom. The van der Waals surface area contributed by atoms with E-state index >= 15 is 0 Å². The predicted molar refractivity (Wildman–Crippen MR) is 373 cm³/mol. The molecule has 1 aliphatic rings. The second kappa shape index (κ2) is 37.4. The highest BCUT2D eigenvalue weighted by Gasteiger charge is 2.33. The zero-order valence-electron chi connectivity index (χ0n) is 61.5. The Balaban J connectivity index is 1.49. The lowest BCUT2D eigenvalue weighted by Crippen LogP contribution is -2.53. The van der Waals surface area contributed by atoms with Crippen molar-refractivity contribution in [1.82, 2.24) is 46.2 Å². The van der Waals surface area contributed by atoms with Gasteiger partial charge in [0.25, 0.3) is 5.91 Å². The van der Waals surface area contributed by atoms with Gasteiger partial charge in [-0.2, -0.15) is 0 Å². The molecule has 5 N–H and O–H groups in total. The van der Waals surface area contributed by atoms with Crippen LogP contribution >= 0.6 is 0 Å². The van der Waals surface area contributed by atoms with E-state index in [1.54, 1.807) is 149 Å². The fraction of sp³-hybridized carbons (Fsp3) is 0.644. The fourth-order valence-electron chi connectivity index (χ4n) is 10.3. The largest absolute Gasteiger partial charge is 0.460 e. The zero-order valence-corrected chi connectivity index (χ0v) is 61.5. The van der Waals surface area contributed by atoms with E-state index < -0.39 is 105 Å². The quantitative estimate of drug-likeness (QED) is 0.0287. The summed E-state index contributed by atoms with van der Waals surface area (Å²) in [6.07, 6.45) is 0.498. The topological polar surface area (TPSA) is 299 Å². The number of nitrogens with zero attached hydrogens (tertiary/aromatic N) is 4. The van der Waals surface area contributed by atoms with Gasteiger partial charge in [-0.15, -0.1) is 0 Å². The first-order valence-electron chi connectivity index (χ1n) is 34.1. The number of ether oxygens (including phenoxy) is 6. The predicted octanol–water partition coefficient (Wildman–Crippen LogP) is 7.17. The Morgan fingerprint density at radius 1 is 0.408 bits per heavy atom. The van der Waals surface area contributed by atoms with Crippen LogP contribution in [0.3, 0.4) is 0 Å². The highest BCUT2D eigenvalue weighted by Crippen LogP contribution is 2.20. The van der Waals surface area contributed by atoms with Gasteiger partial charge in [0.2, 0.25) is 11.8 Å². The molecule has 3 atom stereocenters. The number of unbranched alkanes of at least 4 members (excludes halogenated alkanes) is 1. The van der Waals surface area contributed by atoms with Crippen molar-refractivity contribution >= 4 is 70.3 Å². The molecule has 5 amide bonds. The Labute approximate surface area is 580 Å². The molecule has 546 valence electrons. The van der Waals surface area contributed by atoms with Gasteiger partial charge in [0.05, 0.1) is 26.2 Å². The van der Waals surface area contributed by atoms with Crippen LogP contribution in [0, 0.1) is 0 Å². The van der Waals surface area contributed by atoms with Gasteiger partial charge < -0.3 is 55.0 Å². The summed E-state index contributed by atoms with van der Waals surface area (Å²) in [5.74, 6) is -4.66. The van der Waals surface area contributed by atoms with Crippen molar-refractivity contribution in [2.24, 2.45) is 0 Å². The second-order valence-corrected chi connectivity index (χ2v) is 31.0. The lowest BCUT2D eigenvalue weighted by atomic mass is 10.0. The van der Waals surface area contributed by atoms with E-state index in [1.807, 2.05) is 62.1 Å². The third kappa shape index (κ3) is 35.2. The van der Waals surface area contributed by atoms with Crippen LogP contribution in [0.4, 0.5) is 4.79 Å². The zero-order chi connectivity index (χ0) is 73.4. The molecule has 0 bridgehead atoms. The molecule has 1 saturated heterocycles. The van der Waals surface area contributed by atoms with Crippen molar-refractivity contribution in [3.05, 3.63) is 83.4 Å². The highest BCUT2D eigenvalue weighted by molar-refractivity contribution is 5.98. The molecule has 1 heterocycles. The SMILES string of the molecule is CC(C)(C)OC(=O)CC[C@H](NC(=O)N[C@@H](CCCCNC(=O)[C@H](Cc1ccc2ccccc2c1)NC(=O)c1cccc(CNC(=O)CN2CCN(CC(=O)OC(C)(C)C)CCN(CC(=O)OC(C)(C)C)CCN(CC(=O)OC(C)(C)C)CC2)c1)C(=O)OC(C)(C)C)C(=O)OC(C)(C)C. The van der Waals surface area contributed by atoms with E-state index in [9.17, 15) is 47.9 Å². The van der Waals surface area contributed by atoms with Crippen LogP contribution in [0.1, 0.15) is 178 Å². The number of carbonyl (C=O) groups is 10. The van der Waals surface area contributed by atoms with Crippen LogP contribution in [0.2, 0.25) is 0 Å². The van der Waals surface area contributed by atoms with Crippen LogP contribution in [0.5, 0.6) is 0 Å². The maximum absolute atomic E-state index is 14.3. The highest BCUT2D eigenvalue weighted by atomic mass is 16.6. The molecule has 25 nitrogen and oxygen atoms in total. The number of rotatable bonds is 27. The van der Waals surface area contributed by atoms with E-state index in [0.717, 1.165) is 16.3 Å². The average Bonchev–Trinajstić information content (AvgIpc) is 0.900. The minimum Gasteiger partial charge on any atom is -0.460 e. The molecule has 0 unspecified atom stereocenters. The van der Waals surface area contributed by atoms with Gasteiger partial charge in [-0.25, -0.2) is 14.4 Å². The lowest BCUT2D eigenvalue weighted by Gasteiger charge is -2.34. The van der Waals surface area contributed by atoms with Gasteiger partial charge in [-0.1, -0.05) is 54.6 Å². The number of hydrogen-bond donors (Lipinski definition) is 5. The number of nitrogens with one attached hydrogen (secondary N) is 5. The molecule has 0 aliphatic carbocycles. The first-order valence-corrected chi connectivity index (χ1v) is 34.1. The molecule has 4 rings (SSSR count). The summed E-state index contributed by atoms with van der Waals surface area (Å²) >= 11 is 0. The monoisotopic (exact) mass is 1370 g/mol. The van der Waals surface area contributed by atoms with Gasteiger partial charge in [0, 0.05) is 83.9 Å². The molecular formula is C73H113N9O16. The van der Waals surface area contributed by atoms with E-state index in [0.29, 0.717) is 70.8 Å². The minimum absolute atomic E-state index is 0.00949. The van der Waals surface area contributed by atoms with Gasteiger partial charge in [-0.05, 0) is 184 Å². The minimum atomic E-state index is -1.27. The van der Waals surface area contributed by atoms with Crippen LogP contribution in [-0.4, -0.2) is 216 Å². The molecule has 25 heteroatoms. The fourth-order valence-corrected chi connectivity index (χ4v) is 10.3. The summed E-state index contributed by atoms with van der Waals surface area (Å²) in [4.78, 5) is 143. The van der Waals surface area contributed by atoms with Crippen molar-refractivity contribution in [2.75, 3.05) is 85.1 Å². The summed E-state index contributed by atoms with van der Waals surface area (Å²) in [6, 6.07) is 15.9. The number of urea groups is 1. The molecule has 0 saturated carbocycles. The summed E-state index contributed by atoms with van der Waals surface area (Å²) in [6.45, 7) is 34.4. The molecule has 0 aromatic heterocycles. The number of benzene rings is 3. The summed E-state index contributed by atoms with van der Waals surface area (Å²) in [7, 11) is 0. The Hall–Kier alpha value is -7.74. The van der Waals surface area contributed by atoms with Crippen molar-refractivity contribution < 1.29 is 76.4 Å². The summed E-state index contributed by atoms with van der Waals surface area (Å²) in [5.41, 5.74) is -3.13.